The van der Waals surface area contributed by atoms with Crippen molar-refractivity contribution in [1.29, 1.82) is 0 Å². The summed E-state index contributed by atoms with van der Waals surface area (Å²) in [5.74, 6) is 0. The van der Waals surface area contributed by atoms with Crippen molar-refractivity contribution in [3.63, 3.8) is 0 Å². The van der Waals surface area contributed by atoms with Crippen LogP contribution < -0.4 is 0 Å². The molecule has 0 amide bonds. The molecule has 0 N–H and O–H groups in total. The Labute approximate surface area is 98.4 Å². The molecule has 0 saturated carbocycles. The van der Waals surface area contributed by atoms with Crippen LogP contribution in [0.1, 0.15) is 10.4 Å². The average Bonchev–Trinajstić information content (AvgIpc) is 2.86. The van der Waals surface area contributed by atoms with Gasteiger partial charge in [-0.15, -0.1) is 0 Å². The summed E-state index contributed by atoms with van der Waals surface area (Å²) in [5, 5.41) is 0. The van der Waals surface area contributed by atoms with Crippen molar-refractivity contribution < 1.29 is 4.79 Å². The molecule has 17 heavy (non-hydrogen) atoms. The number of rotatable bonds is 2. The van der Waals surface area contributed by atoms with Crippen LogP contribution >= 0.6 is 0 Å². The molecule has 2 heterocycles. The van der Waals surface area contributed by atoms with E-state index in [2.05, 4.69) is 4.98 Å². The molecule has 1 aromatic carbocycles. The third-order valence-corrected chi connectivity index (χ3v) is 2.77. The second-order valence-electron chi connectivity index (χ2n) is 3.85. The average molecular weight is 222 g/mol. The summed E-state index contributed by atoms with van der Waals surface area (Å²) in [6.45, 7) is 0. The molecular formula is C14H10N2O. The van der Waals surface area contributed by atoms with Crippen LogP contribution in [0.5, 0.6) is 0 Å². The highest BCUT2D eigenvalue weighted by Gasteiger charge is 2.00. The smallest absolute Gasteiger partial charge is 0.150 e. The van der Waals surface area contributed by atoms with Crippen LogP contribution in [0, 0.1) is 0 Å². The molecule has 3 aromatic rings. The van der Waals surface area contributed by atoms with E-state index >= 15 is 0 Å². The van der Waals surface area contributed by atoms with Gasteiger partial charge in [0.2, 0.25) is 0 Å². The SMILES string of the molecule is O=Cc1ccc(-c2ccc3nccn3c2)cc1. The summed E-state index contributed by atoms with van der Waals surface area (Å²) in [4.78, 5) is 14.8. The number of imidazole rings is 1. The van der Waals surface area contributed by atoms with Gasteiger partial charge >= 0.3 is 0 Å². The van der Waals surface area contributed by atoms with Gasteiger partial charge in [0.05, 0.1) is 0 Å². The molecule has 0 bridgehead atoms. The maximum absolute atomic E-state index is 10.6. The monoisotopic (exact) mass is 222 g/mol. The molecule has 3 nitrogen and oxygen atoms in total. The minimum absolute atomic E-state index is 0.692. The Balaban J connectivity index is 2.09. The molecule has 0 saturated heterocycles. The van der Waals surface area contributed by atoms with Crippen molar-refractivity contribution in [1.82, 2.24) is 9.38 Å². The first-order chi connectivity index (χ1) is 8.36. The minimum Gasteiger partial charge on any atom is -0.306 e. The van der Waals surface area contributed by atoms with Gasteiger partial charge in [0.25, 0.3) is 0 Å². The van der Waals surface area contributed by atoms with Crippen molar-refractivity contribution >= 4 is 11.9 Å². The molecule has 0 radical (unpaired) electrons. The van der Waals surface area contributed by atoms with E-state index in [0.717, 1.165) is 23.1 Å². The minimum atomic E-state index is 0.692. The maximum atomic E-state index is 10.6. The Hall–Kier alpha value is -2.42. The Morgan fingerprint density at radius 1 is 1.00 bits per heavy atom. The molecule has 0 spiro atoms. The summed E-state index contributed by atoms with van der Waals surface area (Å²) < 4.78 is 1.98. The number of aromatic nitrogens is 2. The summed E-state index contributed by atoms with van der Waals surface area (Å²) in [6, 6.07) is 11.5. The first kappa shape index (κ1) is 9.78. The quantitative estimate of drug-likeness (QED) is 0.625. The summed E-state index contributed by atoms with van der Waals surface area (Å²) in [6.07, 6.45) is 6.56. The Morgan fingerprint density at radius 2 is 1.76 bits per heavy atom. The predicted octanol–water partition coefficient (Wildman–Crippen LogP) is 2.81. The van der Waals surface area contributed by atoms with Crippen LogP contribution in [-0.2, 0) is 0 Å². The molecule has 2 aromatic heterocycles. The van der Waals surface area contributed by atoms with Crippen molar-refractivity contribution in [2.24, 2.45) is 0 Å². The van der Waals surface area contributed by atoms with E-state index in [9.17, 15) is 4.79 Å². The van der Waals surface area contributed by atoms with Gasteiger partial charge in [0.15, 0.2) is 0 Å². The molecule has 0 aliphatic rings. The van der Waals surface area contributed by atoms with E-state index in [4.69, 9.17) is 0 Å². The topological polar surface area (TPSA) is 34.4 Å². The first-order valence-electron chi connectivity index (χ1n) is 5.35. The van der Waals surface area contributed by atoms with Gasteiger partial charge in [-0.2, -0.15) is 0 Å². The highest BCUT2D eigenvalue weighted by molar-refractivity contribution is 5.77. The number of benzene rings is 1. The van der Waals surface area contributed by atoms with Gasteiger partial charge in [0.1, 0.15) is 11.9 Å². The fourth-order valence-corrected chi connectivity index (χ4v) is 1.84. The van der Waals surface area contributed by atoms with Crippen LogP contribution in [0.4, 0.5) is 0 Å². The zero-order valence-electron chi connectivity index (χ0n) is 9.08. The summed E-state index contributed by atoms with van der Waals surface area (Å²) in [7, 11) is 0. The summed E-state index contributed by atoms with van der Waals surface area (Å²) >= 11 is 0. The highest BCUT2D eigenvalue weighted by Crippen LogP contribution is 2.19. The van der Waals surface area contributed by atoms with Crippen LogP contribution in [0.2, 0.25) is 0 Å². The summed E-state index contributed by atoms with van der Waals surface area (Å²) in [5.41, 5.74) is 3.81. The molecular weight excluding hydrogens is 212 g/mol. The van der Waals surface area contributed by atoms with Gasteiger partial charge in [-0.05, 0) is 23.3 Å². The zero-order valence-corrected chi connectivity index (χ0v) is 9.08. The van der Waals surface area contributed by atoms with Gasteiger partial charge < -0.3 is 4.40 Å². The standard InChI is InChI=1S/C14H10N2O/c17-10-11-1-3-12(4-2-11)13-5-6-14-15-7-8-16(14)9-13/h1-10H. The van der Waals surface area contributed by atoms with E-state index in [1.165, 1.54) is 0 Å². The third kappa shape index (κ3) is 1.72. The highest BCUT2D eigenvalue weighted by atomic mass is 16.1. The van der Waals surface area contributed by atoms with Crippen LogP contribution in [0.25, 0.3) is 16.8 Å². The first-order valence-corrected chi connectivity index (χ1v) is 5.35. The molecule has 0 atom stereocenters. The van der Waals surface area contributed by atoms with Crippen molar-refractivity contribution in [3.8, 4) is 11.1 Å². The number of carbonyl (C=O) groups excluding carboxylic acids is 1. The predicted molar refractivity (Wildman–Crippen MR) is 66.0 cm³/mol. The van der Waals surface area contributed by atoms with Crippen LogP contribution in [-0.4, -0.2) is 15.7 Å². The number of fused-ring (bicyclic) bond motifs is 1. The lowest BCUT2D eigenvalue weighted by Gasteiger charge is -2.02. The molecule has 0 unspecified atom stereocenters. The van der Waals surface area contributed by atoms with Gasteiger partial charge in [-0.25, -0.2) is 4.98 Å². The van der Waals surface area contributed by atoms with Crippen LogP contribution in [0.15, 0.2) is 55.0 Å². The van der Waals surface area contributed by atoms with E-state index in [-0.39, 0.29) is 0 Å². The number of nitrogens with zero attached hydrogens (tertiary/aromatic N) is 2. The number of carbonyl (C=O) groups is 1. The van der Waals surface area contributed by atoms with Crippen LogP contribution in [0.3, 0.4) is 0 Å². The number of pyridine rings is 1. The lowest BCUT2D eigenvalue weighted by molar-refractivity contribution is 0.112. The molecule has 3 heteroatoms. The number of aldehydes is 1. The van der Waals surface area contributed by atoms with E-state index < -0.39 is 0 Å². The van der Waals surface area contributed by atoms with Crippen molar-refractivity contribution in [3.05, 3.63) is 60.6 Å². The Morgan fingerprint density at radius 3 is 2.53 bits per heavy atom. The van der Waals surface area contributed by atoms with Gasteiger partial charge in [0, 0.05) is 24.2 Å². The Kier molecular flexibility index (Phi) is 2.22. The second kappa shape index (κ2) is 3.87. The van der Waals surface area contributed by atoms with Gasteiger partial charge in [-0.1, -0.05) is 24.3 Å². The Bertz CT molecular complexity index is 668. The maximum Gasteiger partial charge on any atom is 0.150 e. The molecule has 3 rings (SSSR count). The fraction of sp³-hybridized carbons (Fsp3) is 0. The molecule has 0 aliphatic heterocycles. The van der Waals surface area contributed by atoms with E-state index in [0.29, 0.717) is 5.56 Å². The second-order valence-corrected chi connectivity index (χ2v) is 3.85. The lowest BCUT2D eigenvalue weighted by atomic mass is 10.1. The van der Waals surface area contributed by atoms with E-state index in [1.807, 2.05) is 53.2 Å². The molecule has 0 fully saturated rings. The number of hydrogen-bond donors (Lipinski definition) is 0. The van der Waals surface area contributed by atoms with Crippen molar-refractivity contribution in [2.75, 3.05) is 0 Å². The fourth-order valence-electron chi connectivity index (χ4n) is 1.84. The number of hydrogen-bond acceptors (Lipinski definition) is 2. The van der Waals surface area contributed by atoms with Crippen molar-refractivity contribution in [2.45, 2.75) is 0 Å². The van der Waals surface area contributed by atoms with Gasteiger partial charge in [-0.3, -0.25) is 4.79 Å². The van der Waals surface area contributed by atoms with E-state index in [1.54, 1.807) is 6.20 Å². The largest absolute Gasteiger partial charge is 0.306 e. The molecule has 0 aliphatic carbocycles. The zero-order chi connectivity index (χ0) is 11.7. The normalized spacial score (nSPS) is 10.6. The molecule has 82 valence electrons. The lowest BCUT2D eigenvalue weighted by Crippen LogP contribution is -1.86. The third-order valence-electron chi connectivity index (χ3n) is 2.77.